The fraction of sp³-hybridized carbons (Fsp3) is 0.143. The lowest BCUT2D eigenvalue weighted by atomic mass is 10.2. The second-order valence-electron chi connectivity index (χ2n) is 4.63. The molecule has 0 fully saturated rings. The second kappa shape index (κ2) is 6.46. The van der Waals surface area contributed by atoms with E-state index in [2.05, 4.69) is 21.2 Å². The Kier molecular flexibility index (Phi) is 4.87. The number of anilines is 1. The van der Waals surface area contributed by atoms with Gasteiger partial charge in [-0.1, -0.05) is 28.1 Å². The number of hydrogen-bond donors (Lipinski definition) is 3. The van der Waals surface area contributed by atoms with Crippen LogP contribution in [0.5, 0.6) is 5.75 Å². The van der Waals surface area contributed by atoms with Gasteiger partial charge in [-0.15, -0.1) is 0 Å². The van der Waals surface area contributed by atoms with Gasteiger partial charge < -0.3 is 10.4 Å². The highest BCUT2D eigenvalue weighted by Gasteiger charge is 2.05. The van der Waals surface area contributed by atoms with Crippen LogP contribution < -0.4 is 10.5 Å². The van der Waals surface area contributed by atoms with Crippen molar-refractivity contribution in [1.82, 2.24) is 0 Å². The average molecular weight is 371 g/mol. The topological polar surface area (TPSA) is 92.4 Å². The zero-order chi connectivity index (χ0) is 15.5. The molecule has 5 nitrogen and oxygen atoms in total. The predicted molar refractivity (Wildman–Crippen MR) is 86.4 cm³/mol. The van der Waals surface area contributed by atoms with Crippen molar-refractivity contribution >= 4 is 31.6 Å². The SMILES string of the molecule is NS(=O)(=O)Cc1ccc(NCc2cc(Br)ccc2O)cc1. The molecule has 4 N–H and O–H groups in total. The maximum absolute atomic E-state index is 11.0. The summed E-state index contributed by atoms with van der Waals surface area (Å²) in [4.78, 5) is 0. The smallest absolute Gasteiger partial charge is 0.213 e. The highest BCUT2D eigenvalue weighted by molar-refractivity contribution is 9.10. The molecular formula is C14H15BrN2O3S. The third kappa shape index (κ3) is 5.04. The van der Waals surface area contributed by atoms with Crippen LogP contribution in [-0.4, -0.2) is 13.5 Å². The molecule has 2 aromatic rings. The number of primary sulfonamides is 1. The van der Waals surface area contributed by atoms with Crippen LogP contribution in [-0.2, 0) is 22.3 Å². The first-order chi connectivity index (χ1) is 9.83. The first kappa shape index (κ1) is 15.8. The van der Waals surface area contributed by atoms with Crippen LogP contribution in [0.4, 0.5) is 5.69 Å². The summed E-state index contributed by atoms with van der Waals surface area (Å²) in [6.07, 6.45) is 0. The summed E-state index contributed by atoms with van der Waals surface area (Å²) >= 11 is 3.35. The van der Waals surface area contributed by atoms with E-state index in [1.165, 1.54) is 0 Å². The van der Waals surface area contributed by atoms with Gasteiger partial charge in [-0.05, 0) is 35.9 Å². The number of nitrogens with two attached hydrogens (primary N) is 1. The van der Waals surface area contributed by atoms with Gasteiger partial charge in [-0.25, -0.2) is 13.6 Å². The number of benzene rings is 2. The molecule has 0 aliphatic carbocycles. The lowest BCUT2D eigenvalue weighted by Gasteiger charge is -2.09. The van der Waals surface area contributed by atoms with Crippen LogP contribution in [0.3, 0.4) is 0 Å². The van der Waals surface area contributed by atoms with Gasteiger partial charge in [0.25, 0.3) is 0 Å². The summed E-state index contributed by atoms with van der Waals surface area (Å²) in [5.74, 6) is 0.0382. The summed E-state index contributed by atoms with van der Waals surface area (Å²) in [5.41, 5.74) is 2.22. The summed E-state index contributed by atoms with van der Waals surface area (Å²) in [6, 6.07) is 12.2. The van der Waals surface area contributed by atoms with Crippen molar-refractivity contribution in [2.24, 2.45) is 5.14 Å². The molecule has 0 saturated heterocycles. The Morgan fingerprint density at radius 2 is 1.81 bits per heavy atom. The molecule has 0 radical (unpaired) electrons. The van der Waals surface area contributed by atoms with Crippen molar-refractivity contribution in [3.63, 3.8) is 0 Å². The molecule has 0 aliphatic heterocycles. The zero-order valence-electron chi connectivity index (χ0n) is 11.1. The van der Waals surface area contributed by atoms with Gasteiger partial charge in [0.2, 0.25) is 10.0 Å². The second-order valence-corrected chi connectivity index (χ2v) is 7.16. The number of halogens is 1. The third-order valence-electron chi connectivity index (χ3n) is 2.85. The molecule has 0 spiro atoms. The number of phenols is 1. The molecule has 112 valence electrons. The van der Waals surface area contributed by atoms with E-state index >= 15 is 0 Å². The molecule has 2 rings (SSSR count). The Bertz CT molecular complexity index is 730. The van der Waals surface area contributed by atoms with Crippen molar-refractivity contribution in [3.05, 3.63) is 58.1 Å². The van der Waals surface area contributed by atoms with Crippen LogP contribution in [0.2, 0.25) is 0 Å². The number of hydrogen-bond acceptors (Lipinski definition) is 4. The Morgan fingerprint density at radius 3 is 2.43 bits per heavy atom. The molecule has 0 unspecified atom stereocenters. The standard InChI is InChI=1S/C14H15BrN2O3S/c15-12-3-6-14(18)11(7-12)8-17-13-4-1-10(2-5-13)9-21(16,19)20/h1-7,17-18H,8-9H2,(H2,16,19,20). The number of rotatable bonds is 5. The van der Waals surface area contributed by atoms with E-state index in [1.807, 2.05) is 6.07 Å². The predicted octanol–water partition coefficient (Wildman–Crippen LogP) is 2.56. The third-order valence-corrected chi connectivity index (χ3v) is 4.08. The van der Waals surface area contributed by atoms with Crippen molar-refractivity contribution in [3.8, 4) is 5.75 Å². The highest BCUT2D eigenvalue weighted by atomic mass is 79.9. The van der Waals surface area contributed by atoms with Crippen molar-refractivity contribution in [2.75, 3.05) is 5.32 Å². The van der Waals surface area contributed by atoms with Crippen LogP contribution in [0.15, 0.2) is 46.9 Å². The van der Waals surface area contributed by atoms with E-state index in [9.17, 15) is 13.5 Å². The number of nitrogens with one attached hydrogen (secondary N) is 1. The molecule has 0 bridgehead atoms. The minimum atomic E-state index is -3.51. The molecule has 7 heteroatoms. The summed E-state index contributed by atoms with van der Waals surface area (Å²) in [7, 11) is -3.51. The van der Waals surface area contributed by atoms with Gasteiger partial charge in [0, 0.05) is 22.3 Å². The quantitative estimate of drug-likeness (QED) is 0.753. The number of phenolic OH excluding ortho intramolecular Hbond substituents is 1. The Hall–Kier alpha value is -1.57. The van der Waals surface area contributed by atoms with E-state index in [-0.39, 0.29) is 11.5 Å². The van der Waals surface area contributed by atoms with Crippen LogP contribution in [0.1, 0.15) is 11.1 Å². The Labute approximate surface area is 132 Å². The van der Waals surface area contributed by atoms with Crippen molar-refractivity contribution < 1.29 is 13.5 Å². The minimum absolute atomic E-state index is 0.181. The summed E-state index contributed by atoms with van der Waals surface area (Å²) in [6.45, 7) is 0.458. The molecule has 0 amide bonds. The van der Waals surface area contributed by atoms with E-state index in [1.54, 1.807) is 36.4 Å². The summed E-state index contributed by atoms with van der Waals surface area (Å²) in [5, 5.41) is 17.9. The van der Waals surface area contributed by atoms with Crippen LogP contribution in [0.25, 0.3) is 0 Å². The van der Waals surface area contributed by atoms with E-state index < -0.39 is 10.0 Å². The van der Waals surface area contributed by atoms with E-state index in [0.717, 1.165) is 15.7 Å². The lowest BCUT2D eigenvalue weighted by Crippen LogP contribution is -2.14. The van der Waals surface area contributed by atoms with Crippen LogP contribution in [0, 0.1) is 0 Å². The molecule has 0 atom stereocenters. The fourth-order valence-electron chi connectivity index (χ4n) is 1.84. The van der Waals surface area contributed by atoms with E-state index in [0.29, 0.717) is 12.1 Å². The van der Waals surface area contributed by atoms with Gasteiger partial charge in [-0.2, -0.15) is 0 Å². The lowest BCUT2D eigenvalue weighted by molar-refractivity contribution is 0.469. The van der Waals surface area contributed by atoms with Gasteiger partial charge in [0.1, 0.15) is 5.75 Å². The highest BCUT2D eigenvalue weighted by Crippen LogP contribution is 2.23. The fourth-order valence-corrected chi connectivity index (χ4v) is 2.91. The van der Waals surface area contributed by atoms with E-state index in [4.69, 9.17) is 5.14 Å². The average Bonchev–Trinajstić information content (AvgIpc) is 2.40. The largest absolute Gasteiger partial charge is 0.508 e. The maximum Gasteiger partial charge on any atom is 0.213 e. The molecular weight excluding hydrogens is 356 g/mol. The van der Waals surface area contributed by atoms with Crippen molar-refractivity contribution in [2.45, 2.75) is 12.3 Å². The molecule has 0 aliphatic rings. The number of aromatic hydroxyl groups is 1. The Balaban J connectivity index is 2.02. The monoisotopic (exact) mass is 370 g/mol. The first-order valence-electron chi connectivity index (χ1n) is 6.14. The molecule has 0 heterocycles. The molecule has 0 saturated carbocycles. The van der Waals surface area contributed by atoms with Gasteiger partial charge in [0.05, 0.1) is 5.75 Å². The Morgan fingerprint density at radius 1 is 1.14 bits per heavy atom. The molecule has 21 heavy (non-hydrogen) atoms. The van der Waals surface area contributed by atoms with Gasteiger partial charge in [-0.3, -0.25) is 0 Å². The normalized spacial score (nSPS) is 11.3. The minimum Gasteiger partial charge on any atom is -0.508 e. The molecule has 2 aromatic carbocycles. The summed E-state index contributed by atoms with van der Waals surface area (Å²) < 4.78 is 22.9. The molecule has 0 aromatic heterocycles. The maximum atomic E-state index is 11.0. The number of sulfonamides is 1. The van der Waals surface area contributed by atoms with Crippen LogP contribution >= 0.6 is 15.9 Å². The zero-order valence-corrected chi connectivity index (χ0v) is 13.5. The van der Waals surface area contributed by atoms with Gasteiger partial charge >= 0.3 is 0 Å². The van der Waals surface area contributed by atoms with Crippen molar-refractivity contribution in [1.29, 1.82) is 0 Å². The van der Waals surface area contributed by atoms with Gasteiger partial charge in [0.15, 0.2) is 0 Å². The first-order valence-corrected chi connectivity index (χ1v) is 8.65.